The molecule has 0 aliphatic carbocycles. The summed E-state index contributed by atoms with van der Waals surface area (Å²) in [7, 11) is 0. The lowest BCUT2D eigenvalue weighted by atomic mass is 10.1. The second-order valence-corrected chi connectivity index (χ2v) is 4.71. The summed E-state index contributed by atoms with van der Waals surface area (Å²) in [6.07, 6.45) is 0.820. The van der Waals surface area contributed by atoms with Gasteiger partial charge in [0.2, 0.25) is 0 Å². The molecule has 20 heavy (non-hydrogen) atoms. The van der Waals surface area contributed by atoms with Crippen molar-refractivity contribution in [2.45, 2.75) is 33.7 Å². The Morgan fingerprint density at radius 3 is 2.60 bits per heavy atom. The van der Waals surface area contributed by atoms with Gasteiger partial charge < -0.3 is 0 Å². The molecule has 0 spiro atoms. The Bertz CT molecular complexity index is 662. The molecule has 106 valence electrons. The van der Waals surface area contributed by atoms with Gasteiger partial charge in [0, 0.05) is 5.69 Å². The van der Waals surface area contributed by atoms with Crippen LogP contribution in [0.1, 0.15) is 34.2 Å². The molecule has 0 saturated heterocycles. The first-order valence-corrected chi connectivity index (χ1v) is 6.45. The number of rotatable bonds is 4. The van der Waals surface area contributed by atoms with Crippen molar-refractivity contribution in [3.8, 4) is 0 Å². The average molecular weight is 278 g/mol. The Morgan fingerprint density at radius 1 is 1.30 bits per heavy atom. The van der Waals surface area contributed by atoms with Crippen molar-refractivity contribution in [1.82, 2.24) is 9.78 Å². The fraction of sp³-hybridized carbons (Fsp3) is 0.333. The number of halogens is 2. The molecule has 1 heterocycles. The van der Waals surface area contributed by atoms with E-state index in [0.29, 0.717) is 0 Å². The van der Waals surface area contributed by atoms with E-state index >= 15 is 0 Å². The molecular formula is C15H16F2N2O. The molecule has 0 N–H and O–H groups in total. The first kappa shape index (κ1) is 14.4. The van der Waals surface area contributed by atoms with Crippen molar-refractivity contribution >= 4 is 5.78 Å². The lowest BCUT2D eigenvalue weighted by Gasteiger charge is -2.06. The number of hydrogen-bond donors (Lipinski definition) is 0. The van der Waals surface area contributed by atoms with Crippen LogP contribution in [0, 0.1) is 25.5 Å². The van der Waals surface area contributed by atoms with E-state index in [1.54, 1.807) is 4.68 Å². The standard InChI is InChI=1S/C15H16F2N2O/c1-4-12-9(2)18-19(10(12)3)8-15(20)13-7-11(16)5-6-14(13)17/h5-7H,4,8H2,1-3H3. The zero-order chi connectivity index (χ0) is 14.9. The van der Waals surface area contributed by atoms with Crippen molar-refractivity contribution in [2.75, 3.05) is 0 Å². The maximum Gasteiger partial charge on any atom is 0.187 e. The van der Waals surface area contributed by atoms with Crippen LogP contribution in [0.15, 0.2) is 18.2 Å². The molecule has 0 unspecified atom stereocenters. The fourth-order valence-electron chi connectivity index (χ4n) is 2.33. The molecule has 5 heteroatoms. The van der Waals surface area contributed by atoms with Gasteiger partial charge in [0.25, 0.3) is 0 Å². The van der Waals surface area contributed by atoms with E-state index < -0.39 is 17.4 Å². The summed E-state index contributed by atoms with van der Waals surface area (Å²) in [4.78, 5) is 12.1. The van der Waals surface area contributed by atoms with Gasteiger partial charge in [0.1, 0.15) is 18.2 Å². The third-order valence-electron chi connectivity index (χ3n) is 3.41. The summed E-state index contributed by atoms with van der Waals surface area (Å²) in [5.41, 5.74) is 2.58. The van der Waals surface area contributed by atoms with Gasteiger partial charge in [-0.15, -0.1) is 0 Å². The van der Waals surface area contributed by atoms with Crippen LogP contribution < -0.4 is 0 Å². The highest BCUT2D eigenvalue weighted by Crippen LogP contribution is 2.16. The molecule has 0 aliphatic rings. The van der Waals surface area contributed by atoms with E-state index in [1.807, 2.05) is 20.8 Å². The van der Waals surface area contributed by atoms with E-state index in [4.69, 9.17) is 0 Å². The second-order valence-electron chi connectivity index (χ2n) is 4.71. The number of Topliss-reactive ketones (excluding diaryl/α,β-unsaturated/α-hetero) is 1. The average Bonchev–Trinajstić information content (AvgIpc) is 2.66. The number of carbonyl (C=O) groups is 1. The van der Waals surface area contributed by atoms with Crippen LogP contribution in [0.2, 0.25) is 0 Å². The maximum absolute atomic E-state index is 13.6. The number of aryl methyl sites for hydroxylation is 1. The molecule has 0 atom stereocenters. The van der Waals surface area contributed by atoms with Crippen molar-refractivity contribution in [1.29, 1.82) is 0 Å². The van der Waals surface area contributed by atoms with E-state index in [1.165, 1.54) is 0 Å². The van der Waals surface area contributed by atoms with Gasteiger partial charge in [0.15, 0.2) is 5.78 Å². The molecule has 1 aromatic carbocycles. The van der Waals surface area contributed by atoms with E-state index in [9.17, 15) is 13.6 Å². The van der Waals surface area contributed by atoms with Gasteiger partial charge in [-0.05, 0) is 44.0 Å². The molecule has 0 aliphatic heterocycles. The molecule has 0 amide bonds. The van der Waals surface area contributed by atoms with E-state index in [-0.39, 0.29) is 12.1 Å². The van der Waals surface area contributed by atoms with E-state index in [2.05, 4.69) is 5.10 Å². The number of carbonyl (C=O) groups excluding carboxylic acids is 1. The van der Waals surface area contributed by atoms with Gasteiger partial charge in [0.05, 0.1) is 11.3 Å². The molecular weight excluding hydrogens is 262 g/mol. The van der Waals surface area contributed by atoms with Crippen LogP contribution in [0.5, 0.6) is 0 Å². The first-order valence-electron chi connectivity index (χ1n) is 6.45. The van der Waals surface area contributed by atoms with Gasteiger partial charge in [-0.2, -0.15) is 5.10 Å². The highest BCUT2D eigenvalue weighted by molar-refractivity contribution is 5.96. The normalized spacial score (nSPS) is 10.8. The summed E-state index contributed by atoms with van der Waals surface area (Å²) in [6.45, 7) is 5.66. The van der Waals surface area contributed by atoms with E-state index in [0.717, 1.165) is 41.6 Å². The lowest BCUT2D eigenvalue weighted by molar-refractivity contribution is 0.0962. The molecule has 0 radical (unpaired) electrons. The molecule has 0 bridgehead atoms. The summed E-state index contributed by atoms with van der Waals surface area (Å²) >= 11 is 0. The maximum atomic E-state index is 13.6. The van der Waals surface area contributed by atoms with Crippen molar-refractivity contribution < 1.29 is 13.6 Å². The SMILES string of the molecule is CCc1c(C)nn(CC(=O)c2cc(F)ccc2F)c1C. The van der Waals surface area contributed by atoms with Crippen molar-refractivity contribution in [3.05, 3.63) is 52.3 Å². The Kier molecular flexibility index (Phi) is 3.97. The van der Waals surface area contributed by atoms with Gasteiger partial charge in [-0.3, -0.25) is 9.48 Å². The molecule has 0 fully saturated rings. The Hall–Kier alpha value is -2.04. The van der Waals surface area contributed by atoms with Gasteiger partial charge >= 0.3 is 0 Å². The summed E-state index contributed by atoms with van der Waals surface area (Å²) in [5, 5.41) is 4.28. The predicted octanol–water partition coefficient (Wildman–Crippen LogP) is 3.22. The number of aromatic nitrogens is 2. The number of nitrogens with zero attached hydrogens (tertiary/aromatic N) is 2. The molecule has 3 nitrogen and oxygen atoms in total. The minimum atomic E-state index is -0.714. The lowest BCUT2D eigenvalue weighted by Crippen LogP contribution is -2.14. The molecule has 0 saturated carbocycles. The summed E-state index contributed by atoms with van der Waals surface area (Å²) < 4.78 is 28.2. The smallest absolute Gasteiger partial charge is 0.187 e. The number of hydrogen-bond acceptors (Lipinski definition) is 2. The summed E-state index contributed by atoms with van der Waals surface area (Å²) in [5.74, 6) is -1.83. The van der Waals surface area contributed by atoms with Gasteiger partial charge in [-0.1, -0.05) is 6.92 Å². The zero-order valence-electron chi connectivity index (χ0n) is 11.7. The quantitative estimate of drug-likeness (QED) is 0.805. The highest BCUT2D eigenvalue weighted by atomic mass is 19.1. The Balaban J connectivity index is 2.30. The van der Waals surface area contributed by atoms with Crippen LogP contribution in [-0.2, 0) is 13.0 Å². The monoisotopic (exact) mass is 278 g/mol. The molecule has 2 rings (SSSR count). The van der Waals surface area contributed by atoms with Crippen LogP contribution >= 0.6 is 0 Å². The predicted molar refractivity (Wildman–Crippen MR) is 71.8 cm³/mol. The van der Waals surface area contributed by atoms with Crippen molar-refractivity contribution in [3.63, 3.8) is 0 Å². The summed E-state index contributed by atoms with van der Waals surface area (Å²) in [6, 6.07) is 2.87. The van der Waals surface area contributed by atoms with Crippen LogP contribution in [0.4, 0.5) is 8.78 Å². The number of ketones is 1. The Morgan fingerprint density at radius 2 is 2.00 bits per heavy atom. The van der Waals surface area contributed by atoms with Gasteiger partial charge in [-0.25, -0.2) is 8.78 Å². The first-order chi connectivity index (χ1) is 9.43. The van der Waals surface area contributed by atoms with Crippen molar-refractivity contribution in [2.24, 2.45) is 0 Å². The molecule has 1 aromatic heterocycles. The van der Waals surface area contributed by atoms with Crippen LogP contribution in [0.25, 0.3) is 0 Å². The van der Waals surface area contributed by atoms with Crippen LogP contribution in [0.3, 0.4) is 0 Å². The minimum absolute atomic E-state index is 0.0902. The zero-order valence-corrected chi connectivity index (χ0v) is 11.7. The third-order valence-corrected chi connectivity index (χ3v) is 3.41. The Labute approximate surface area is 116 Å². The van der Waals surface area contributed by atoms with Crippen LogP contribution in [-0.4, -0.2) is 15.6 Å². The second kappa shape index (κ2) is 5.53. The molecule has 2 aromatic rings. The largest absolute Gasteiger partial charge is 0.292 e. The number of benzene rings is 1. The highest BCUT2D eigenvalue weighted by Gasteiger charge is 2.17. The topological polar surface area (TPSA) is 34.9 Å². The fourth-order valence-corrected chi connectivity index (χ4v) is 2.33. The minimum Gasteiger partial charge on any atom is -0.292 e. The third kappa shape index (κ3) is 2.61.